The van der Waals surface area contributed by atoms with Gasteiger partial charge in [-0.1, -0.05) is 13.3 Å². The first-order valence-corrected chi connectivity index (χ1v) is 6.81. The zero-order valence-electron chi connectivity index (χ0n) is 8.20. The molecule has 2 unspecified atom stereocenters. The Hall–Kier alpha value is -0.0900. The largest absolute Gasteiger partial charge is 0.330 e. The van der Waals surface area contributed by atoms with Gasteiger partial charge < -0.3 is 5.73 Å². The van der Waals surface area contributed by atoms with Gasteiger partial charge in [-0.15, -0.1) is 0 Å². The molecule has 0 amide bonds. The SMILES string of the molecule is CCC(CN)C1CCCS(=O)(=O)C1. The standard InChI is InChI=1S/C9H19NO2S/c1-2-8(6-10)9-4-3-5-13(11,12)7-9/h8-9H,2-7,10H2,1H3. The molecule has 1 aliphatic rings. The van der Waals surface area contributed by atoms with Gasteiger partial charge in [-0.25, -0.2) is 8.42 Å². The third kappa shape index (κ3) is 2.95. The molecule has 1 fully saturated rings. The van der Waals surface area contributed by atoms with Gasteiger partial charge in [0.2, 0.25) is 0 Å². The Balaban J connectivity index is 2.60. The first-order valence-electron chi connectivity index (χ1n) is 4.99. The molecule has 0 aromatic heterocycles. The maximum atomic E-state index is 11.4. The van der Waals surface area contributed by atoms with Crippen LogP contribution in [-0.4, -0.2) is 26.5 Å². The van der Waals surface area contributed by atoms with Gasteiger partial charge in [-0.3, -0.25) is 0 Å². The van der Waals surface area contributed by atoms with Crippen molar-refractivity contribution in [2.24, 2.45) is 17.6 Å². The van der Waals surface area contributed by atoms with E-state index in [0.29, 0.717) is 29.9 Å². The van der Waals surface area contributed by atoms with Crippen LogP contribution in [0.3, 0.4) is 0 Å². The van der Waals surface area contributed by atoms with E-state index in [2.05, 4.69) is 6.92 Å². The second kappa shape index (κ2) is 4.42. The van der Waals surface area contributed by atoms with E-state index in [4.69, 9.17) is 5.73 Å². The molecule has 2 atom stereocenters. The predicted octanol–water partition coefficient (Wildman–Crippen LogP) is 0.796. The fraction of sp³-hybridized carbons (Fsp3) is 1.00. The van der Waals surface area contributed by atoms with Crippen LogP contribution in [0.4, 0.5) is 0 Å². The molecule has 0 aromatic carbocycles. The van der Waals surface area contributed by atoms with Gasteiger partial charge in [0.1, 0.15) is 0 Å². The maximum absolute atomic E-state index is 11.4. The lowest BCUT2D eigenvalue weighted by atomic mass is 9.88. The second-order valence-corrected chi connectivity index (χ2v) is 6.15. The van der Waals surface area contributed by atoms with Gasteiger partial charge >= 0.3 is 0 Å². The van der Waals surface area contributed by atoms with Gasteiger partial charge in [-0.05, 0) is 31.2 Å². The number of nitrogens with two attached hydrogens (primary N) is 1. The summed E-state index contributed by atoms with van der Waals surface area (Å²) in [5.74, 6) is 1.46. The fourth-order valence-corrected chi connectivity index (χ4v) is 3.99. The Kier molecular flexibility index (Phi) is 3.74. The van der Waals surface area contributed by atoms with Crippen molar-refractivity contribution < 1.29 is 8.42 Å². The van der Waals surface area contributed by atoms with Gasteiger partial charge in [0.25, 0.3) is 0 Å². The van der Waals surface area contributed by atoms with Crippen LogP contribution in [-0.2, 0) is 9.84 Å². The van der Waals surface area contributed by atoms with Crippen molar-refractivity contribution in [1.82, 2.24) is 0 Å². The molecule has 0 bridgehead atoms. The Morgan fingerprint density at radius 2 is 2.23 bits per heavy atom. The van der Waals surface area contributed by atoms with E-state index in [1.54, 1.807) is 0 Å². The minimum Gasteiger partial charge on any atom is -0.330 e. The lowest BCUT2D eigenvalue weighted by molar-refractivity contribution is 0.326. The molecule has 13 heavy (non-hydrogen) atoms. The third-order valence-electron chi connectivity index (χ3n) is 2.99. The molecule has 3 nitrogen and oxygen atoms in total. The number of hydrogen-bond donors (Lipinski definition) is 1. The van der Waals surface area contributed by atoms with Crippen LogP contribution in [0.25, 0.3) is 0 Å². The Morgan fingerprint density at radius 3 is 2.69 bits per heavy atom. The van der Waals surface area contributed by atoms with Crippen LogP contribution in [0.2, 0.25) is 0 Å². The van der Waals surface area contributed by atoms with Crippen molar-refractivity contribution >= 4 is 9.84 Å². The summed E-state index contributed by atoms with van der Waals surface area (Å²) in [5.41, 5.74) is 5.61. The molecule has 0 aromatic rings. The van der Waals surface area contributed by atoms with Gasteiger partial charge in [-0.2, -0.15) is 0 Å². The Morgan fingerprint density at radius 1 is 1.54 bits per heavy atom. The van der Waals surface area contributed by atoms with Crippen LogP contribution >= 0.6 is 0 Å². The lowest BCUT2D eigenvalue weighted by Crippen LogP contribution is -2.33. The van der Waals surface area contributed by atoms with Crippen molar-refractivity contribution in [3.05, 3.63) is 0 Å². The van der Waals surface area contributed by atoms with Crippen molar-refractivity contribution in [3.63, 3.8) is 0 Å². The van der Waals surface area contributed by atoms with Gasteiger partial charge in [0, 0.05) is 0 Å². The fourth-order valence-electron chi connectivity index (χ4n) is 2.12. The van der Waals surface area contributed by atoms with Crippen LogP contribution in [0.1, 0.15) is 26.2 Å². The maximum Gasteiger partial charge on any atom is 0.150 e. The van der Waals surface area contributed by atoms with E-state index >= 15 is 0 Å². The predicted molar refractivity (Wildman–Crippen MR) is 54.2 cm³/mol. The van der Waals surface area contributed by atoms with E-state index in [1.165, 1.54) is 0 Å². The number of rotatable bonds is 3. The molecule has 1 rings (SSSR count). The average Bonchev–Trinajstić information content (AvgIpc) is 2.05. The summed E-state index contributed by atoms with van der Waals surface area (Å²) in [6.07, 6.45) is 2.86. The molecule has 1 heterocycles. The van der Waals surface area contributed by atoms with Crippen LogP contribution in [0, 0.1) is 11.8 Å². The normalized spacial score (nSPS) is 29.8. The van der Waals surface area contributed by atoms with Crippen LogP contribution < -0.4 is 5.73 Å². The highest BCUT2D eigenvalue weighted by Gasteiger charge is 2.28. The second-order valence-electron chi connectivity index (χ2n) is 3.92. The summed E-state index contributed by atoms with van der Waals surface area (Å²) < 4.78 is 22.7. The van der Waals surface area contributed by atoms with E-state index in [9.17, 15) is 8.42 Å². The molecule has 0 aliphatic carbocycles. The topological polar surface area (TPSA) is 60.2 Å². The zero-order chi connectivity index (χ0) is 9.90. The van der Waals surface area contributed by atoms with E-state index in [-0.39, 0.29) is 0 Å². The Labute approximate surface area is 80.6 Å². The van der Waals surface area contributed by atoms with Crippen molar-refractivity contribution in [1.29, 1.82) is 0 Å². The van der Waals surface area contributed by atoms with Crippen molar-refractivity contribution in [2.45, 2.75) is 26.2 Å². The molecule has 78 valence electrons. The molecule has 2 N–H and O–H groups in total. The van der Waals surface area contributed by atoms with Gasteiger partial charge in [0.05, 0.1) is 11.5 Å². The summed E-state index contributed by atoms with van der Waals surface area (Å²) >= 11 is 0. The summed E-state index contributed by atoms with van der Waals surface area (Å²) in [6.45, 7) is 2.70. The lowest BCUT2D eigenvalue weighted by Gasteiger charge is -2.28. The molecule has 0 saturated carbocycles. The van der Waals surface area contributed by atoms with E-state index in [1.807, 2.05) is 0 Å². The molecule has 1 saturated heterocycles. The third-order valence-corrected chi connectivity index (χ3v) is 4.84. The quantitative estimate of drug-likeness (QED) is 0.741. The van der Waals surface area contributed by atoms with Crippen LogP contribution in [0.5, 0.6) is 0 Å². The molecule has 0 radical (unpaired) electrons. The molecule has 1 aliphatic heterocycles. The molecule has 4 heteroatoms. The highest BCUT2D eigenvalue weighted by molar-refractivity contribution is 7.91. The number of hydrogen-bond acceptors (Lipinski definition) is 3. The summed E-state index contributed by atoms with van der Waals surface area (Å²) in [5, 5.41) is 0. The minimum absolute atomic E-state index is 0.314. The summed E-state index contributed by atoms with van der Waals surface area (Å²) in [7, 11) is -2.75. The first kappa shape index (κ1) is 11.0. The molecule has 0 spiro atoms. The van der Waals surface area contributed by atoms with Crippen LogP contribution in [0.15, 0.2) is 0 Å². The zero-order valence-corrected chi connectivity index (χ0v) is 9.02. The molecular formula is C9H19NO2S. The molecular weight excluding hydrogens is 186 g/mol. The van der Waals surface area contributed by atoms with Gasteiger partial charge in [0.15, 0.2) is 9.84 Å². The number of sulfone groups is 1. The highest BCUT2D eigenvalue weighted by atomic mass is 32.2. The van der Waals surface area contributed by atoms with E-state index in [0.717, 1.165) is 19.3 Å². The van der Waals surface area contributed by atoms with Crippen molar-refractivity contribution in [2.75, 3.05) is 18.1 Å². The summed E-state index contributed by atoms with van der Waals surface area (Å²) in [6, 6.07) is 0. The smallest absolute Gasteiger partial charge is 0.150 e. The van der Waals surface area contributed by atoms with Crippen molar-refractivity contribution in [3.8, 4) is 0 Å². The average molecular weight is 205 g/mol. The minimum atomic E-state index is -2.75. The summed E-state index contributed by atoms with van der Waals surface area (Å²) in [4.78, 5) is 0. The Bertz CT molecular complexity index is 244. The monoisotopic (exact) mass is 205 g/mol. The highest BCUT2D eigenvalue weighted by Crippen LogP contribution is 2.26. The van der Waals surface area contributed by atoms with E-state index < -0.39 is 9.84 Å². The first-order chi connectivity index (χ1) is 6.09.